The summed E-state index contributed by atoms with van der Waals surface area (Å²) in [5.41, 5.74) is 6.44. The second-order valence-corrected chi connectivity index (χ2v) is 4.94. The van der Waals surface area contributed by atoms with Crippen molar-refractivity contribution in [3.8, 4) is 0 Å². The van der Waals surface area contributed by atoms with E-state index in [-0.39, 0.29) is 11.5 Å². The lowest BCUT2D eigenvalue weighted by molar-refractivity contribution is 0.135. The fraction of sp³-hybridized carbons (Fsp3) is 0.571. The van der Waals surface area contributed by atoms with Gasteiger partial charge in [0.15, 0.2) is 5.82 Å². The second-order valence-electron chi connectivity index (χ2n) is 4.94. The van der Waals surface area contributed by atoms with E-state index in [0.717, 1.165) is 13.1 Å². The minimum absolute atomic E-state index is 0.212. The first-order chi connectivity index (χ1) is 8.54. The third-order valence-electron chi connectivity index (χ3n) is 2.74. The Morgan fingerprint density at radius 2 is 2.11 bits per heavy atom. The van der Waals surface area contributed by atoms with Crippen LogP contribution in [0.25, 0.3) is 0 Å². The van der Waals surface area contributed by atoms with Crippen molar-refractivity contribution < 1.29 is 9.13 Å². The molecule has 18 heavy (non-hydrogen) atoms. The van der Waals surface area contributed by atoms with Crippen molar-refractivity contribution in [2.45, 2.75) is 20.4 Å². The molecule has 1 rings (SSSR count). The Bertz CT molecular complexity index is 369. The van der Waals surface area contributed by atoms with Gasteiger partial charge in [0.2, 0.25) is 0 Å². The Hall–Kier alpha value is -1.13. The van der Waals surface area contributed by atoms with Crippen LogP contribution in [0.5, 0.6) is 0 Å². The molecule has 0 unspecified atom stereocenters. The molecular weight excluding hydrogens is 231 g/mol. The number of benzene rings is 1. The fourth-order valence-electron chi connectivity index (χ4n) is 1.93. The lowest BCUT2D eigenvalue weighted by Gasteiger charge is -2.24. The van der Waals surface area contributed by atoms with E-state index in [4.69, 9.17) is 10.5 Å². The monoisotopic (exact) mass is 254 g/mol. The number of ether oxygens (including phenoxy) is 1. The standard InChI is InChI=1S/C14H23FN2O/c1-11(2)9-17(7-8-18-3)10-12-5-4-6-13(16)14(12)15/h4-6,11H,7-10,16H2,1-3H3. The van der Waals surface area contributed by atoms with Crippen LogP contribution in [0.2, 0.25) is 0 Å². The van der Waals surface area contributed by atoms with Gasteiger partial charge in [-0.25, -0.2) is 4.39 Å². The zero-order chi connectivity index (χ0) is 13.5. The molecule has 4 heteroatoms. The molecule has 0 aromatic heterocycles. The van der Waals surface area contributed by atoms with Gasteiger partial charge in [0.05, 0.1) is 12.3 Å². The number of anilines is 1. The fourth-order valence-corrected chi connectivity index (χ4v) is 1.93. The summed E-state index contributed by atoms with van der Waals surface area (Å²) in [6.45, 7) is 7.22. The normalized spacial score (nSPS) is 11.4. The second kappa shape index (κ2) is 7.34. The van der Waals surface area contributed by atoms with Gasteiger partial charge in [-0.3, -0.25) is 4.90 Å². The van der Waals surface area contributed by atoms with E-state index in [0.29, 0.717) is 24.6 Å². The highest BCUT2D eigenvalue weighted by Gasteiger charge is 2.12. The van der Waals surface area contributed by atoms with Crippen LogP contribution in [0, 0.1) is 11.7 Å². The first-order valence-electron chi connectivity index (χ1n) is 6.28. The molecule has 0 atom stereocenters. The van der Waals surface area contributed by atoms with E-state index in [1.807, 2.05) is 0 Å². The van der Waals surface area contributed by atoms with Crippen LogP contribution in [0.4, 0.5) is 10.1 Å². The summed E-state index contributed by atoms with van der Waals surface area (Å²) in [5, 5.41) is 0. The van der Waals surface area contributed by atoms with Crippen molar-refractivity contribution in [1.29, 1.82) is 0 Å². The van der Waals surface area contributed by atoms with Gasteiger partial charge in [-0.15, -0.1) is 0 Å². The van der Waals surface area contributed by atoms with E-state index in [2.05, 4.69) is 18.7 Å². The number of nitrogens with zero attached hydrogens (tertiary/aromatic N) is 1. The molecule has 0 bridgehead atoms. The summed E-state index contributed by atoms with van der Waals surface area (Å²) in [4.78, 5) is 2.19. The first kappa shape index (κ1) is 14.9. The zero-order valence-electron chi connectivity index (χ0n) is 11.4. The average molecular weight is 254 g/mol. The highest BCUT2D eigenvalue weighted by atomic mass is 19.1. The van der Waals surface area contributed by atoms with Crippen molar-refractivity contribution in [1.82, 2.24) is 4.90 Å². The first-order valence-corrected chi connectivity index (χ1v) is 6.28. The van der Waals surface area contributed by atoms with Gasteiger partial charge in [0.25, 0.3) is 0 Å². The van der Waals surface area contributed by atoms with Gasteiger partial charge >= 0.3 is 0 Å². The summed E-state index contributed by atoms with van der Waals surface area (Å²) in [7, 11) is 1.68. The molecule has 102 valence electrons. The van der Waals surface area contributed by atoms with E-state index >= 15 is 0 Å². The van der Waals surface area contributed by atoms with Gasteiger partial charge in [-0.2, -0.15) is 0 Å². The molecule has 0 aliphatic rings. The molecule has 0 fully saturated rings. The summed E-state index contributed by atoms with van der Waals surface area (Å²) >= 11 is 0. The number of hydrogen-bond acceptors (Lipinski definition) is 3. The van der Waals surface area contributed by atoms with Gasteiger partial charge < -0.3 is 10.5 Å². The van der Waals surface area contributed by atoms with E-state index in [1.165, 1.54) is 0 Å². The number of hydrogen-bond donors (Lipinski definition) is 1. The Morgan fingerprint density at radius 1 is 1.39 bits per heavy atom. The quantitative estimate of drug-likeness (QED) is 0.760. The van der Waals surface area contributed by atoms with E-state index in [9.17, 15) is 4.39 Å². The third kappa shape index (κ3) is 4.63. The molecule has 1 aromatic rings. The van der Waals surface area contributed by atoms with Crippen LogP contribution in [-0.4, -0.2) is 31.7 Å². The number of rotatable bonds is 7. The largest absolute Gasteiger partial charge is 0.396 e. The molecule has 1 aromatic carbocycles. The van der Waals surface area contributed by atoms with Gasteiger partial charge in [0, 0.05) is 32.3 Å². The molecule has 0 amide bonds. The predicted octanol–water partition coefficient (Wildman–Crippen LogP) is 2.51. The van der Waals surface area contributed by atoms with Crippen LogP contribution < -0.4 is 5.73 Å². The Labute approximate surface area is 109 Å². The van der Waals surface area contributed by atoms with Gasteiger partial charge in [0.1, 0.15) is 0 Å². The van der Waals surface area contributed by atoms with Crippen LogP contribution in [-0.2, 0) is 11.3 Å². The molecule has 3 nitrogen and oxygen atoms in total. The zero-order valence-corrected chi connectivity index (χ0v) is 11.4. The van der Waals surface area contributed by atoms with Crippen molar-refractivity contribution in [2.24, 2.45) is 5.92 Å². The summed E-state index contributed by atoms with van der Waals surface area (Å²) in [5.74, 6) is 0.231. The van der Waals surface area contributed by atoms with Crippen molar-refractivity contribution in [3.63, 3.8) is 0 Å². The minimum Gasteiger partial charge on any atom is -0.396 e. The molecule has 0 spiro atoms. The highest BCUT2D eigenvalue weighted by molar-refractivity contribution is 5.42. The molecule has 0 saturated carbocycles. The predicted molar refractivity (Wildman–Crippen MR) is 72.8 cm³/mol. The Morgan fingerprint density at radius 3 is 2.72 bits per heavy atom. The number of halogens is 1. The van der Waals surface area contributed by atoms with Crippen LogP contribution in [0.3, 0.4) is 0 Å². The summed E-state index contributed by atoms with van der Waals surface area (Å²) in [6, 6.07) is 5.16. The maximum absolute atomic E-state index is 13.8. The van der Waals surface area contributed by atoms with Crippen LogP contribution >= 0.6 is 0 Å². The molecule has 0 heterocycles. The van der Waals surface area contributed by atoms with Crippen molar-refractivity contribution in [2.75, 3.05) is 32.5 Å². The maximum atomic E-state index is 13.8. The van der Waals surface area contributed by atoms with E-state index < -0.39 is 0 Å². The average Bonchev–Trinajstić information content (AvgIpc) is 2.31. The van der Waals surface area contributed by atoms with Crippen molar-refractivity contribution in [3.05, 3.63) is 29.6 Å². The molecule has 0 aliphatic heterocycles. The van der Waals surface area contributed by atoms with Gasteiger partial charge in [-0.05, 0) is 12.0 Å². The Kier molecular flexibility index (Phi) is 6.09. The van der Waals surface area contributed by atoms with Crippen LogP contribution in [0.1, 0.15) is 19.4 Å². The lowest BCUT2D eigenvalue weighted by Crippen LogP contribution is -2.31. The minimum atomic E-state index is -0.302. The number of methoxy groups -OCH3 is 1. The highest BCUT2D eigenvalue weighted by Crippen LogP contribution is 2.17. The molecule has 0 radical (unpaired) electrons. The molecule has 0 saturated heterocycles. The lowest BCUT2D eigenvalue weighted by atomic mass is 10.1. The molecule has 2 N–H and O–H groups in total. The third-order valence-corrected chi connectivity index (χ3v) is 2.74. The number of nitrogen functional groups attached to an aromatic ring is 1. The topological polar surface area (TPSA) is 38.5 Å². The Balaban J connectivity index is 2.72. The van der Waals surface area contributed by atoms with Crippen molar-refractivity contribution >= 4 is 5.69 Å². The van der Waals surface area contributed by atoms with E-state index in [1.54, 1.807) is 25.3 Å². The SMILES string of the molecule is COCCN(Cc1cccc(N)c1F)CC(C)C. The van der Waals surface area contributed by atoms with Crippen LogP contribution in [0.15, 0.2) is 18.2 Å². The summed E-state index contributed by atoms with van der Waals surface area (Å²) < 4.78 is 18.9. The smallest absolute Gasteiger partial charge is 0.150 e. The summed E-state index contributed by atoms with van der Waals surface area (Å²) in [6.07, 6.45) is 0. The number of nitrogens with two attached hydrogens (primary N) is 1. The molecular formula is C14H23FN2O. The molecule has 0 aliphatic carbocycles. The maximum Gasteiger partial charge on any atom is 0.150 e. The van der Waals surface area contributed by atoms with Gasteiger partial charge in [-0.1, -0.05) is 26.0 Å².